The lowest BCUT2D eigenvalue weighted by molar-refractivity contribution is -0.121. The van der Waals surface area contributed by atoms with Crippen molar-refractivity contribution in [1.29, 1.82) is 0 Å². The van der Waals surface area contributed by atoms with Gasteiger partial charge in [-0.25, -0.2) is 0 Å². The van der Waals surface area contributed by atoms with Crippen LogP contribution < -0.4 is 5.32 Å². The number of rotatable bonds is 8. The Balaban J connectivity index is 1.38. The molecule has 152 valence electrons. The van der Waals surface area contributed by atoms with Crippen LogP contribution in [-0.4, -0.2) is 10.5 Å². The largest absolute Gasteiger partial charge is 0.352 e. The highest BCUT2D eigenvalue weighted by molar-refractivity contribution is 5.84. The molecule has 0 radical (unpaired) electrons. The smallest absolute Gasteiger partial charge is 0.220 e. The predicted octanol–water partition coefficient (Wildman–Crippen LogP) is 5.64. The van der Waals surface area contributed by atoms with Crippen LogP contribution in [0.5, 0.6) is 0 Å². The van der Waals surface area contributed by atoms with E-state index in [1.165, 1.54) is 27.6 Å². The van der Waals surface area contributed by atoms with Crippen molar-refractivity contribution in [2.75, 3.05) is 0 Å². The van der Waals surface area contributed by atoms with E-state index in [-0.39, 0.29) is 5.91 Å². The molecule has 3 nitrogen and oxygen atoms in total. The fourth-order valence-corrected chi connectivity index (χ4v) is 3.98. The fourth-order valence-electron chi connectivity index (χ4n) is 3.98. The summed E-state index contributed by atoms with van der Waals surface area (Å²) in [5.41, 5.74) is 6.29. The summed E-state index contributed by atoms with van der Waals surface area (Å²) in [4.78, 5) is 12.2. The monoisotopic (exact) mass is 396 g/mol. The van der Waals surface area contributed by atoms with Crippen molar-refractivity contribution >= 4 is 16.8 Å². The van der Waals surface area contributed by atoms with Gasteiger partial charge in [0.1, 0.15) is 0 Å². The lowest BCUT2D eigenvalue weighted by Crippen LogP contribution is -2.22. The summed E-state index contributed by atoms with van der Waals surface area (Å²) in [5.74, 6) is 0.113. The predicted molar refractivity (Wildman–Crippen MR) is 123 cm³/mol. The van der Waals surface area contributed by atoms with E-state index in [9.17, 15) is 4.79 Å². The van der Waals surface area contributed by atoms with Crippen LogP contribution in [0.4, 0.5) is 0 Å². The third kappa shape index (κ3) is 4.98. The molecule has 0 aliphatic rings. The first-order valence-corrected chi connectivity index (χ1v) is 10.6. The summed E-state index contributed by atoms with van der Waals surface area (Å²) in [7, 11) is 0. The zero-order valence-corrected chi connectivity index (χ0v) is 17.5. The Labute approximate surface area is 178 Å². The number of nitrogens with one attached hydrogen (secondary N) is 1. The Bertz CT molecular complexity index is 1130. The van der Waals surface area contributed by atoms with Crippen molar-refractivity contribution in [2.24, 2.45) is 0 Å². The maximum Gasteiger partial charge on any atom is 0.220 e. The third-order valence-corrected chi connectivity index (χ3v) is 5.49. The molecule has 1 heterocycles. The van der Waals surface area contributed by atoms with E-state index in [4.69, 9.17) is 0 Å². The van der Waals surface area contributed by atoms with Gasteiger partial charge in [-0.1, -0.05) is 78.4 Å². The van der Waals surface area contributed by atoms with E-state index >= 15 is 0 Å². The topological polar surface area (TPSA) is 34.0 Å². The van der Waals surface area contributed by atoms with Crippen LogP contribution in [0.25, 0.3) is 10.9 Å². The number of amides is 1. The quantitative estimate of drug-likeness (QED) is 0.411. The maximum absolute atomic E-state index is 12.2. The molecule has 0 spiro atoms. The van der Waals surface area contributed by atoms with Crippen LogP contribution in [0.3, 0.4) is 0 Å². The number of benzene rings is 3. The van der Waals surface area contributed by atoms with Gasteiger partial charge in [-0.3, -0.25) is 4.79 Å². The standard InChI is InChI=1S/C27H28N2O/c1-21-9-7-12-23(17-21)19-29-20-24(25-14-5-6-15-26(25)29)13-8-16-27(30)28-18-22-10-3-2-4-11-22/h2-7,9-12,14-15,17,20H,8,13,16,18-19H2,1H3,(H,28,30). The zero-order chi connectivity index (χ0) is 20.8. The fraction of sp³-hybridized carbons (Fsp3) is 0.222. The molecule has 3 aromatic carbocycles. The van der Waals surface area contributed by atoms with Crippen LogP contribution >= 0.6 is 0 Å². The first-order valence-electron chi connectivity index (χ1n) is 10.6. The van der Waals surface area contributed by atoms with Crippen LogP contribution in [0.1, 0.15) is 35.1 Å². The summed E-state index contributed by atoms with van der Waals surface area (Å²) >= 11 is 0. The van der Waals surface area contributed by atoms with E-state index in [2.05, 4.69) is 71.5 Å². The minimum atomic E-state index is 0.113. The van der Waals surface area contributed by atoms with Gasteiger partial charge < -0.3 is 9.88 Å². The molecule has 4 rings (SSSR count). The highest BCUT2D eigenvalue weighted by Crippen LogP contribution is 2.24. The number of hydrogen-bond acceptors (Lipinski definition) is 1. The second-order valence-corrected chi connectivity index (χ2v) is 7.90. The summed E-state index contributed by atoms with van der Waals surface area (Å²) in [5, 5.41) is 4.31. The zero-order valence-electron chi connectivity index (χ0n) is 17.5. The average molecular weight is 397 g/mol. The lowest BCUT2D eigenvalue weighted by atomic mass is 10.1. The number of aryl methyl sites for hydroxylation is 2. The second kappa shape index (κ2) is 9.45. The van der Waals surface area contributed by atoms with Gasteiger partial charge in [-0.2, -0.15) is 0 Å². The van der Waals surface area contributed by atoms with Gasteiger partial charge >= 0.3 is 0 Å². The van der Waals surface area contributed by atoms with Gasteiger partial charge in [0.15, 0.2) is 0 Å². The van der Waals surface area contributed by atoms with Crippen molar-refractivity contribution in [2.45, 2.75) is 39.3 Å². The van der Waals surface area contributed by atoms with Crippen molar-refractivity contribution in [3.63, 3.8) is 0 Å². The highest BCUT2D eigenvalue weighted by Gasteiger charge is 2.10. The third-order valence-electron chi connectivity index (χ3n) is 5.49. The molecule has 3 heteroatoms. The SMILES string of the molecule is Cc1cccc(Cn2cc(CCCC(=O)NCc3ccccc3)c3ccccc32)c1. The highest BCUT2D eigenvalue weighted by atomic mass is 16.1. The normalized spacial score (nSPS) is 11.0. The van der Waals surface area contributed by atoms with Gasteiger partial charge in [0, 0.05) is 36.6 Å². The second-order valence-electron chi connectivity index (χ2n) is 7.90. The van der Waals surface area contributed by atoms with E-state index in [1.807, 2.05) is 30.3 Å². The molecule has 0 bridgehead atoms. The summed E-state index contributed by atoms with van der Waals surface area (Å²) in [6.45, 7) is 3.58. The Hall–Kier alpha value is -3.33. The Morgan fingerprint density at radius 3 is 2.50 bits per heavy atom. The van der Waals surface area contributed by atoms with Gasteiger partial charge in [0.2, 0.25) is 5.91 Å². The Kier molecular flexibility index (Phi) is 6.29. The molecule has 1 N–H and O–H groups in total. The van der Waals surface area contributed by atoms with Gasteiger partial charge in [-0.05, 0) is 42.5 Å². The molecule has 0 unspecified atom stereocenters. The van der Waals surface area contributed by atoms with Gasteiger partial charge in [-0.15, -0.1) is 0 Å². The maximum atomic E-state index is 12.2. The van der Waals surface area contributed by atoms with Gasteiger partial charge in [0.05, 0.1) is 0 Å². The summed E-state index contributed by atoms with van der Waals surface area (Å²) < 4.78 is 2.33. The minimum absolute atomic E-state index is 0.113. The van der Waals surface area contributed by atoms with Gasteiger partial charge in [0.25, 0.3) is 0 Å². The number of para-hydroxylation sites is 1. The number of fused-ring (bicyclic) bond motifs is 1. The van der Waals surface area contributed by atoms with Crippen LogP contribution in [0.2, 0.25) is 0 Å². The lowest BCUT2D eigenvalue weighted by Gasteiger charge is -2.06. The number of aromatic nitrogens is 1. The van der Waals surface area contributed by atoms with Crippen molar-refractivity contribution < 1.29 is 4.79 Å². The number of carbonyl (C=O) groups excluding carboxylic acids is 1. The molecular weight excluding hydrogens is 368 g/mol. The number of carbonyl (C=O) groups is 1. The van der Waals surface area contributed by atoms with Crippen molar-refractivity contribution in [1.82, 2.24) is 9.88 Å². The molecule has 0 aliphatic carbocycles. The summed E-state index contributed by atoms with van der Waals surface area (Å²) in [6, 6.07) is 27.3. The van der Waals surface area contributed by atoms with Crippen molar-refractivity contribution in [3.8, 4) is 0 Å². The molecule has 1 amide bonds. The minimum Gasteiger partial charge on any atom is -0.352 e. The first-order chi connectivity index (χ1) is 14.7. The van der Waals surface area contributed by atoms with E-state index in [0.29, 0.717) is 13.0 Å². The van der Waals surface area contributed by atoms with E-state index in [0.717, 1.165) is 24.9 Å². The van der Waals surface area contributed by atoms with E-state index in [1.54, 1.807) is 0 Å². The molecule has 0 saturated heterocycles. The van der Waals surface area contributed by atoms with Crippen LogP contribution in [0, 0.1) is 6.92 Å². The number of nitrogens with zero attached hydrogens (tertiary/aromatic N) is 1. The average Bonchev–Trinajstić information content (AvgIpc) is 3.11. The molecule has 30 heavy (non-hydrogen) atoms. The molecule has 0 aliphatic heterocycles. The molecule has 0 saturated carbocycles. The number of hydrogen-bond donors (Lipinski definition) is 1. The molecule has 1 aromatic heterocycles. The summed E-state index contributed by atoms with van der Waals surface area (Å²) in [6.07, 6.45) is 4.55. The van der Waals surface area contributed by atoms with Crippen LogP contribution in [-0.2, 0) is 24.3 Å². The molecule has 4 aromatic rings. The Morgan fingerprint density at radius 2 is 1.67 bits per heavy atom. The van der Waals surface area contributed by atoms with Crippen LogP contribution in [0.15, 0.2) is 85.1 Å². The van der Waals surface area contributed by atoms with E-state index < -0.39 is 0 Å². The Morgan fingerprint density at radius 1 is 0.900 bits per heavy atom. The van der Waals surface area contributed by atoms with Crippen molar-refractivity contribution in [3.05, 3.63) is 107 Å². The molecular formula is C27H28N2O. The molecule has 0 fully saturated rings. The first kappa shape index (κ1) is 20.0. The molecule has 0 atom stereocenters.